The zero-order valence-electron chi connectivity index (χ0n) is 10.4. The normalized spacial score (nSPS) is 13.6. The molecule has 0 bridgehead atoms. The quantitative estimate of drug-likeness (QED) is 0.794. The molecule has 2 aromatic carbocycles. The number of rotatable bonds is 1. The van der Waals surface area contributed by atoms with E-state index in [0.29, 0.717) is 24.4 Å². The number of nitrogens with zero attached hydrogens (tertiary/aromatic N) is 1. The van der Waals surface area contributed by atoms with Crippen LogP contribution in [-0.2, 0) is 0 Å². The number of hydrogen-bond donors (Lipinski definition) is 1. The van der Waals surface area contributed by atoms with E-state index in [1.165, 1.54) is 0 Å². The summed E-state index contributed by atoms with van der Waals surface area (Å²) in [7, 11) is 0. The number of fused-ring (bicyclic) bond motifs is 1. The Morgan fingerprint density at radius 2 is 2.00 bits per heavy atom. The zero-order chi connectivity index (χ0) is 13.2. The standard InChI is InChI=1S/C15H14N2O2/c16-12-5-3-4-11(10-12)15(18)17-8-9-19-14-7-2-1-6-13(14)17/h1-7,10H,8-9,16H2. The van der Waals surface area contributed by atoms with Gasteiger partial charge in [0.2, 0.25) is 0 Å². The number of anilines is 2. The van der Waals surface area contributed by atoms with Crippen LogP contribution in [0, 0.1) is 0 Å². The molecule has 19 heavy (non-hydrogen) atoms. The summed E-state index contributed by atoms with van der Waals surface area (Å²) in [6.45, 7) is 1.05. The average molecular weight is 254 g/mol. The van der Waals surface area contributed by atoms with E-state index in [1.54, 1.807) is 29.2 Å². The molecule has 0 aliphatic carbocycles. The Bertz CT molecular complexity index is 625. The predicted molar refractivity (Wildman–Crippen MR) is 74.5 cm³/mol. The molecule has 2 aromatic rings. The second kappa shape index (κ2) is 4.65. The van der Waals surface area contributed by atoms with Gasteiger partial charge in [-0.2, -0.15) is 0 Å². The fourth-order valence-corrected chi connectivity index (χ4v) is 2.21. The molecule has 0 radical (unpaired) electrons. The molecule has 96 valence electrons. The number of para-hydroxylation sites is 2. The van der Waals surface area contributed by atoms with Gasteiger partial charge in [0.1, 0.15) is 12.4 Å². The van der Waals surface area contributed by atoms with Crippen molar-refractivity contribution in [2.75, 3.05) is 23.8 Å². The minimum atomic E-state index is -0.0527. The van der Waals surface area contributed by atoms with Crippen LogP contribution in [0.2, 0.25) is 0 Å². The predicted octanol–water partition coefficient (Wildman–Crippen LogP) is 2.31. The van der Waals surface area contributed by atoms with Gasteiger partial charge in [-0.25, -0.2) is 0 Å². The first-order valence-corrected chi connectivity index (χ1v) is 6.15. The fourth-order valence-electron chi connectivity index (χ4n) is 2.21. The highest BCUT2D eigenvalue weighted by Gasteiger charge is 2.24. The van der Waals surface area contributed by atoms with Crippen LogP contribution in [0.3, 0.4) is 0 Å². The number of nitrogens with two attached hydrogens (primary N) is 1. The van der Waals surface area contributed by atoms with E-state index < -0.39 is 0 Å². The van der Waals surface area contributed by atoms with Crippen molar-refractivity contribution in [3.63, 3.8) is 0 Å². The molecule has 1 aliphatic heterocycles. The molecular formula is C15H14N2O2. The van der Waals surface area contributed by atoms with E-state index in [9.17, 15) is 4.79 Å². The van der Waals surface area contributed by atoms with Gasteiger partial charge in [0, 0.05) is 11.3 Å². The number of ether oxygens (including phenoxy) is 1. The molecule has 0 saturated carbocycles. The molecule has 0 spiro atoms. The van der Waals surface area contributed by atoms with Crippen molar-refractivity contribution in [3.8, 4) is 5.75 Å². The topological polar surface area (TPSA) is 55.6 Å². The Hall–Kier alpha value is -2.49. The second-order valence-corrected chi connectivity index (χ2v) is 4.40. The van der Waals surface area contributed by atoms with E-state index in [1.807, 2.05) is 24.3 Å². The molecule has 1 aliphatic rings. The van der Waals surface area contributed by atoms with Gasteiger partial charge in [-0.3, -0.25) is 4.79 Å². The largest absolute Gasteiger partial charge is 0.490 e. The highest BCUT2D eigenvalue weighted by atomic mass is 16.5. The van der Waals surface area contributed by atoms with Crippen LogP contribution in [0.25, 0.3) is 0 Å². The number of hydrogen-bond acceptors (Lipinski definition) is 3. The highest BCUT2D eigenvalue weighted by molar-refractivity contribution is 6.07. The van der Waals surface area contributed by atoms with Crippen LogP contribution in [-0.4, -0.2) is 19.1 Å². The van der Waals surface area contributed by atoms with Crippen LogP contribution in [0.4, 0.5) is 11.4 Å². The minimum Gasteiger partial charge on any atom is -0.490 e. The van der Waals surface area contributed by atoms with Gasteiger partial charge >= 0.3 is 0 Å². The van der Waals surface area contributed by atoms with Gasteiger partial charge in [0.25, 0.3) is 5.91 Å². The molecule has 0 atom stereocenters. The number of nitrogen functional groups attached to an aromatic ring is 1. The molecule has 0 fully saturated rings. The van der Waals surface area contributed by atoms with Crippen molar-refractivity contribution >= 4 is 17.3 Å². The van der Waals surface area contributed by atoms with Crippen molar-refractivity contribution in [3.05, 3.63) is 54.1 Å². The van der Waals surface area contributed by atoms with E-state index in [4.69, 9.17) is 10.5 Å². The molecule has 0 saturated heterocycles. The Balaban J connectivity index is 1.98. The Morgan fingerprint density at radius 1 is 1.16 bits per heavy atom. The van der Waals surface area contributed by atoms with Gasteiger partial charge in [0.05, 0.1) is 12.2 Å². The summed E-state index contributed by atoms with van der Waals surface area (Å²) in [5.74, 6) is 0.689. The van der Waals surface area contributed by atoms with Crippen LogP contribution in [0.15, 0.2) is 48.5 Å². The van der Waals surface area contributed by atoms with Crippen LogP contribution in [0.5, 0.6) is 5.75 Å². The fraction of sp³-hybridized carbons (Fsp3) is 0.133. The maximum absolute atomic E-state index is 12.5. The van der Waals surface area contributed by atoms with E-state index in [-0.39, 0.29) is 5.91 Å². The van der Waals surface area contributed by atoms with Gasteiger partial charge in [-0.1, -0.05) is 18.2 Å². The smallest absolute Gasteiger partial charge is 0.258 e. The summed E-state index contributed by atoms with van der Waals surface area (Å²) in [5.41, 5.74) is 7.72. The molecule has 1 amide bonds. The second-order valence-electron chi connectivity index (χ2n) is 4.40. The minimum absolute atomic E-state index is 0.0527. The average Bonchev–Trinajstić information content (AvgIpc) is 2.46. The van der Waals surface area contributed by atoms with Gasteiger partial charge in [-0.05, 0) is 30.3 Å². The lowest BCUT2D eigenvalue weighted by atomic mass is 10.1. The number of carbonyl (C=O) groups excluding carboxylic acids is 1. The monoisotopic (exact) mass is 254 g/mol. The lowest BCUT2D eigenvalue weighted by molar-refractivity contribution is 0.0976. The van der Waals surface area contributed by atoms with Crippen molar-refractivity contribution < 1.29 is 9.53 Å². The summed E-state index contributed by atoms with van der Waals surface area (Å²) >= 11 is 0. The van der Waals surface area contributed by atoms with Crippen LogP contribution < -0.4 is 15.4 Å². The molecule has 2 N–H and O–H groups in total. The summed E-state index contributed by atoms with van der Waals surface area (Å²) in [6, 6.07) is 14.6. The Morgan fingerprint density at radius 3 is 2.84 bits per heavy atom. The lowest BCUT2D eigenvalue weighted by Crippen LogP contribution is -2.37. The van der Waals surface area contributed by atoms with Crippen molar-refractivity contribution in [2.24, 2.45) is 0 Å². The molecule has 3 rings (SSSR count). The maximum atomic E-state index is 12.5. The highest BCUT2D eigenvalue weighted by Crippen LogP contribution is 2.32. The van der Waals surface area contributed by atoms with Crippen molar-refractivity contribution in [2.45, 2.75) is 0 Å². The summed E-state index contributed by atoms with van der Waals surface area (Å²) in [4.78, 5) is 14.3. The Kier molecular flexibility index (Phi) is 2.83. The van der Waals surface area contributed by atoms with Gasteiger partial charge in [-0.15, -0.1) is 0 Å². The third-order valence-corrected chi connectivity index (χ3v) is 3.11. The summed E-state index contributed by atoms with van der Waals surface area (Å²) in [5, 5.41) is 0. The number of benzene rings is 2. The SMILES string of the molecule is Nc1cccc(C(=O)N2CCOc3ccccc32)c1. The van der Waals surface area contributed by atoms with E-state index >= 15 is 0 Å². The maximum Gasteiger partial charge on any atom is 0.258 e. The lowest BCUT2D eigenvalue weighted by Gasteiger charge is -2.29. The first-order valence-electron chi connectivity index (χ1n) is 6.15. The van der Waals surface area contributed by atoms with E-state index in [0.717, 1.165) is 11.4 Å². The molecule has 1 heterocycles. The molecule has 4 heteroatoms. The third-order valence-electron chi connectivity index (χ3n) is 3.11. The van der Waals surface area contributed by atoms with Gasteiger partial charge in [0.15, 0.2) is 0 Å². The first-order chi connectivity index (χ1) is 9.25. The van der Waals surface area contributed by atoms with E-state index in [2.05, 4.69) is 0 Å². The third kappa shape index (κ3) is 2.12. The molecular weight excluding hydrogens is 240 g/mol. The first kappa shape index (κ1) is 11.6. The zero-order valence-corrected chi connectivity index (χ0v) is 10.4. The number of amides is 1. The number of carbonyl (C=O) groups is 1. The van der Waals surface area contributed by atoms with Crippen molar-refractivity contribution in [1.29, 1.82) is 0 Å². The van der Waals surface area contributed by atoms with Crippen molar-refractivity contribution in [1.82, 2.24) is 0 Å². The Labute approximate surface area is 111 Å². The van der Waals surface area contributed by atoms with Gasteiger partial charge < -0.3 is 15.4 Å². The van der Waals surface area contributed by atoms with Crippen LogP contribution in [0.1, 0.15) is 10.4 Å². The molecule has 0 aromatic heterocycles. The summed E-state index contributed by atoms with van der Waals surface area (Å²) in [6.07, 6.45) is 0. The molecule has 4 nitrogen and oxygen atoms in total. The van der Waals surface area contributed by atoms with Crippen LogP contribution >= 0.6 is 0 Å². The summed E-state index contributed by atoms with van der Waals surface area (Å²) < 4.78 is 5.54. The molecule has 0 unspecified atom stereocenters.